The number of hydrogen-bond acceptors (Lipinski definition) is 7. The molecule has 228 valence electrons. The minimum atomic E-state index is -0.521. The van der Waals surface area contributed by atoms with E-state index in [0.29, 0.717) is 63.1 Å². The van der Waals surface area contributed by atoms with Gasteiger partial charge in [0.25, 0.3) is 11.8 Å². The number of nitrogens with zero attached hydrogens (tertiary/aromatic N) is 2. The number of phenolic OH excluding ortho intramolecular Hbond substituents is 1. The van der Waals surface area contributed by atoms with Crippen molar-refractivity contribution in [3.63, 3.8) is 0 Å². The number of rotatable bonds is 10. The monoisotopic (exact) mass is 622 g/mol. The predicted octanol–water partition coefficient (Wildman–Crippen LogP) is 9.22. The normalized spacial score (nSPS) is 11.0. The number of nitrogens with one attached hydrogen (secondary N) is 2. The highest BCUT2D eigenvalue weighted by atomic mass is 35.5. The van der Waals surface area contributed by atoms with Crippen LogP contribution in [0.4, 0.5) is 22.7 Å². The summed E-state index contributed by atoms with van der Waals surface area (Å²) in [4.78, 5) is 26.3. The molecule has 2 amide bonds. The maximum Gasteiger partial charge on any atom is 0.259 e. The minimum Gasteiger partial charge on any atom is -0.505 e. The van der Waals surface area contributed by atoms with Crippen LogP contribution >= 0.6 is 11.6 Å². The van der Waals surface area contributed by atoms with Crippen molar-refractivity contribution in [3.05, 3.63) is 113 Å². The van der Waals surface area contributed by atoms with Crippen LogP contribution in [0.1, 0.15) is 40.1 Å². The highest BCUT2D eigenvalue weighted by Crippen LogP contribution is 2.43. The van der Waals surface area contributed by atoms with Crippen LogP contribution in [0.3, 0.4) is 0 Å². The summed E-state index contributed by atoms with van der Waals surface area (Å²) in [6.07, 6.45) is 0. The smallest absolute Gasteiger partial charge is 0.259 e. The first-order valence-electron chi connectivity index (χ1n) is 14.3. The molecule has 0 heterocycles. The van der Waals surface area contributed by atoms with Gasteiger partial charge in [0.1, 0.15) is 22.9 Å². The number of phenols is 1. The number of aromatic hydroxyl groups is 1. The lowest BCUT2D eigenvalue weighted by atomic mass is 10.0. The Kier molecular flexibility index (Phi) is 9.60. The molecule has 0 aliphatic carbocycles. The van der Waals surface area contributed by atoms with Gasteiger partial charge in [-0.05, 0) is 68.1 Å². The van der Waals surface area contributed by atoms with Crippen LogP contribution < -0.4 is 20.1 Å². The van der Waals surface area contributed by atoms with Crippen molar-refractivity contribution in [2.75, 3.05) is 23.8 Å². The van der Waals surface area contributed by atoms with E-state index >= 15 is 0 Å². The van der Waals surface area contributed by atoms with Gasteiger partial charge in [0.05, 0.1) is 24.5 Å². The highest BCUT2D eigenvalue weighted by Gasteiger charge is 2.20. The summed E-state index contributed by atoms with van der Waals surface area (Å²) < 4.78 is 11.7. The van der Waals surface area contributed by atoms with Crippen LogP contribution in [0, 0.1) is 6.92 Å². The first-order chi connectivity index (χ1) is 21.8. The van der Waals surface area contributed by atoms with Crippen molar-refractivity contribution >= 4 is 56.9 Å². The molecule has 3 N–H and O–H groups in total. The first kappa shape index (κ1) is 31.0. The molecule has 10 heteroatoms. The second kappa shape index (κ2) is 13.9. The van der Waals surface area contributed by atoms with Crippen molar-refractivity contribution in [2.24, 2.45) is 10.2 Å². The molecule has 9 nitrogen and oxygen atoms in total. The van der Waals surface area contributed by atoms with Crippen molar-refractivity contribution in [1.82, 2.24) is 0 Å². The standard InChI is InChI=1S/C35H31ClN4O5/c1-4-44-30-20-29(31(45-5-2)19-28(30)38-34(42)22-11-7-6-8-12-22)39-40-32-25-14-10-9-13-23(25)18-26(33(32)41)35(43)37-27-16-15-24(36)17-21(27)3/h6-20,41H,4-5H2,1-3H3,(H,37,43)(H,38,42)/b40-39+. The van der Waals surface area contributed by atoms with E-state index in [1.807, 2.05) is 39.0 Å². The maximum absolute atomic E-state index is 13.4. The lowest BCUT2D eigenvalue weighted by Crippen LogP contribution is -2.13. The Hall–Kier alpha value is -5.41. The number of carbonyl (C=O) groups is 2. The van der Waals surface area contributed by atoms with Crippen LogP contribution in [-0.4, -0.2) is 30.1 Å². The van der Waals surface area contributed by atoms with E-state index in [0.717, 1.165) is 5.56 Å². The average Bonchev–Trinajstić information content (AvgIpc) is 3.03. The van der Waals surface area contributed by atoms with Crippen LogP contribution in [0.2, 0.25) is 5.02 Å². The van der Waals surface area contributed by atoms with Crippen molar-refractivity contribution < 1.29 is 24.2 Å². The zero-order valence-electron chi connectivity index (χ0n) is 24.9. The second-order valence-electron chi connectivity index (χ2n) is 9.96. The molecular weight excluding hydrogens is 592 g/mol. The quantitative estimate of drug-likeness (QED) is 0.134. The van der Waals surface area contributed by atoms with Gasteiger partial charge in [0.2, 0.25) is 0 Å². The second-order valence-corrected chi connectivity index (χ2v) is 10.4. The van der Waals surface area contributed by atoms with Gasteiger partial charge in [-0.3, -0.25) is 9.59 Å². The van der Waals surface area contributed by atoms with E-state index in [-0.39, 0.29) is 22.9 Å². The van der Waals surface area contributed by atoms with Gasteiger partial charge < -0.3 is 25.2 Å². The molecule has 0 atom stereocenters. The SMILES string of the molecule is CCOc1cc(NC(=O)c2ccccc2)c(OCC)cc1/N=N/c1c(O)c(C(=O)Nc2ccc(Cl)cc2C)cc2ccccc12. The molecule has 45 heavy (non-hydrogen) atoms. The number of azo groups is 1. The summed E-state index contributed by atoms with van der Waals surface area (Å²) in [5, 5.41) is 27.8. The number of ether oxygens (including phenoxy) is 2. The Morgan fingerprint density at radius 2 is 1.47 bits per heavy atom. The Bertz CT molecular complexity index is 1910. The lowest BCUT2D eigenvalue weighted by molar-refractivity contribution is 0.101. The van der Waals surface area contributed by atoms with E-state index in [1.165, 1.54) is 0 Å². The van der Waals surface area contributed by atoms with E-state index in [1.54, 1.807) is 72.8 Å². The Morgan fingerprint density at radius 1 is 0.778 bits per heavy atom. The fourth-order valence-electron chi connectivity index (χ4n) is 4.71. The molecule has 0 saturated heterocycles. The van der Waals surface area contributed by atoms with Crippen molar-refractivity contribution in [1.29, 1.82) is 0 Å². The Morgan fingerprint density at radius 3 is 2.20 bits per heavy atom. The van der Waals surface area contributed by atoms with Gasteiger partial charge in [-0.2, -0.15) is 0 Å². The van der Waals surface area contributed by atoms with Gasteiger partial charge in [-0.15, -0.1) is 10.2 Å². The molecule has 0 unspecified atom stereocenters. The molecule has 5 rings (SSSR count). The molecule has 0 bridgehead atoms. The summed E-state index contributed by atoms with van der Waals surface area (Å²) in [5.41, 5.74) is 2.64. The number of hydrogen-bond donors (Lipinski definition) is 3. The number of fused-ring (bicyclic) bond motifs is 1. The summed E-state index contributed by atoms with van der Waals surface area (Å²) in [6.45, 7) is 6.12. The fourth-order valence-corrected chi connectivity index (χ4v) is 4.93. The minimum absolute atomic E-state index is 0.0241. The van der Waals surface area contributed by atoms with Gasteiger partial charge >= 0.3 is 0 Å². The van der Waals surface area contributed by atoms with Gasteiger partial charge in [0.15, 0.2) is 5.75 Å². The average molecular weight is 623 g/mol. The maximum atomic E-state index is 13.4. The molecule has 0 aliphatic heterocycles. The zero-order chi connectivity index (χ0) is 31.9. The number of benzene rings is 5. The van der Waals surface area contributed by atoms with E-state index in [4.69, 9.17) is 21.1 Å². The third-order valence-corrected chi connectivity index (χ3v) is 7.11. The van der Waals surface area contributed by atoms with E-state index < -0.39 is 5.91 Å². The van der Waals surface area contributed by atoms with Gasteiger partial charge in [0, 0.05) is 33.8 Å². The number of amides is 2. The summed E-state index contributed by atoms with van der Waals surface area (Å²) in [6, 6.07) is 26.0. The summed E-state index contributed by atoms with van der Waals surface area (Å²) in [7, 11) is 0. The summed E-state index contributed by atoms with van der Waals surface area (Å²) in [5.74, 6) is -0.471. The van der Waals surface area contributed by atoms with Crippen molar-refractivity contribution in [3.8, 4) is 17.2 Å². The molecule has 5 aromatic carbocycles. The number of anilines is 2. The van der Waals surface area contributed by atoms with Crippen LogP contribution in [0.5, 0.6) is 17.2 Å². The number of carbonyl (C=O) groups excluding carboxylic acids is 2. The third-order valence-electron chi connectivity index (χ3n) is 6.88. The Labute approximate surface area is 265 Å². The molecule has 0 fully saturated rings. The Balaban J connectivity index is 1.55. The fraction of sp³-hybridized carbons (Fsp3) is 0.143. The zero-order valence-corrected chi connectivity index (χ0v) is 25.7. The predicted molar refractivity (Wildman–Crippen MR) is 177 cm³/mol. The first-order valence-corrected chi connectivity index (χ1v) is 14.7. The lowest BCUT2D eigenvalue weighted by Gasteiger charge is -2.15. The molecular formula is C35H31ClN4O5. The molecule has 0 aliphatic rings. The molecule has 0 aromatic heterocycles. The largest absolute Gasteiger partial charge is 0.505 e. The van der Waals surface area contributed by atoms with Crippen molar-refractivity contribution in [2.45, 2.75) is 20.8 Å². The number of aryl methyl sites for hydroxylation is 1. The summed E-state index contributed by atoms with van der Waals surface area (Å²) >= 11 is 6.07. The molecule has 0 spiro atoms. The van der Waals surface area contributed by atoms with E-state index in [9.17, 15) is 14.7 Å². The van der Waals surface area contributed by atoms with Gasteiger partial charge in [-0.25, -0.2) is 0 Å². The third kappa shape index (κ3) is 7.05. The van der Waals surface area contributed by atoms with Gasteiger partial charge in [-0.1, -0.05) is 54.1 Å². The van der Waals surface area contributed by atoms with Crippen LogP contribution in [0.25, 0.3) is 10.8 Å². The topological polar surface area (TPSA) is 122 Å². The molecule has 5 aromatic rings. The molecule has 0 saturated carbocycles. The highest BCUT2D eigenvalue weighted by molar-refractivity contribution is 6.30. The van der Waals surface area contributed by atoms with Crippen LogP contribution in [-0.2, 0) is 0 Å². The van der Waals surface area contributed by atoms with E-state index in [2.05, 4.69) is 20.9 Å². The van der Waals surface area contributed by atoms with Crippen LogP contribution in [0.15, 0.2) is 101 Å². The molecule has 0 radical (unpaired) electrons. The number of halogens is 1.